The lowest BCUT2D eigenvalue weighted by atomic mass is 10.2. The van der Waals surface area contributed by atoms with E-state index in [1.165, 1.54) is 0 Å². The molecule has 4 rings (SSSR count). The third-order valence-electron chi connectivity index (χ3n) is 5.10. The Balaban J connectivity index is 1.47. The van der Waals surface area contributed by atoms with Crippen molar-refractivity contribution in [1.82, 2.24) is 9.97 Å². The highest BCUT2D eigenvalue weighted by molar-refractivity contribution is 6.07. The standard InChI is InChI=1S/C22H22N4O6/c1-3-30-22(29)17-12(2)32-20-18(17)19(23)24-15(25-20)11-31-21(28)13-6-8-14(9-7-13)26-10-4-5-16(26)27/h6-9H,3-5,10-11H2,1-2H3,(H2,23,24,25). The molecule has 1 aromatic carbocycles. The highest BCUT2D eigenvalue weighted by Gasteiger charge is 2.24. The summed E-state index contributed by atoms with van der Waals surface area (Å²) in [5.41, 5.74) is 7.39. The predicted octanol–water partition coefficient (Wildman–Crippen LogP) is 2.77. The highest BCUT2D eigenvalue weighted by atomic mass is 16.5. The number of furan rings is 1. The fourth-order valence-electron chi connectivity index (χ4n) is 3.61. The topological polar surface area (TPSA) is 138 Å². The summed E-state index contributed by atoms with van der Waals surface area (Å²) < 4.78 is 15.9. The van der Waals surface area contributed by atoms with Crippen molar-refractivity contribution >= 4 is 40.5 Å². The Morgan fingerprint density at radius 3 is 2.56 bits per heavy atom. The van der Waals surface area contributed by atoms with E-state index in [1.54, 1.807) is 43.0 Å². The van der Waals surface area contributed by atoms with Crippen LogP contribution in [0.25, 0.3) is 11.1 Å². The van der Waals surface area contributed by atoms with Crippen molar-refractivity contribution in [2.24, 2.45) is 0 Å². The van der Waals surface area contributed by atoms with Crippen molar-refractivity contribution in [3.63, 3.8) is 0 Å². The maximum absolute atomic E-state index is 12.4. The molecule has 0 radical (unpaired) electrons. The van der Waals surface area contributed by atoms with Gasteiger partial charge in [-0.2, -0.15) is 4.98 Å². The summed E-state index contributed by atoms with van der Waals surface area (Å²) in [5, 5.41) is 0.267. The zero-order chi connectivity index (χ0) is 22.8. The second-order valence-corrected chi connectivity index (χ2v) is 7.23. The number of aromatic nitrogens is 2. The average molecular weight is 438 g/mol. The molecule has 3 heterocycles. The molecule has 0 aliphatic carbocycles. The number of aryl methyl sites for hydroxylation is 1. The predicted molar refractivity (Wildman–Crippen MR) is 114 cm³/mol. The van der Waals surface area contributed by atoms with Crippen molar-refractivity contribution in [1.29, 1.82) is 0 Å². The molecule has 0 unspecified atom stereocenters. The van der Waals surface area contributed by atoms with Crippen molar-refractivity contribution in [3.8, 4) is 0 Å². The maximum Gasteiger partial charge on any atom is 0.342 e. The van der Waals surface area contributed by atoms with Gasteiger partial charge in [0, 0.05) is 18.7 Å². The lowest BCUT2D eigenvalue weighted by Gasteiger charge is -2.15. The largest absolute Gasteiger partial charge is 0.462 e. The number of esters is 2. The number of amides is 1. The van der Waals surface area contributed by atoms with E-state index in [1.807, 2.05) is 0 Å². The zero-order valence-electron chi connectivity index (χ0n) is 17.7. The Morgan fingerprint density at radius 1 is 1.16 bits per heavy atom. The van der Waals surface area contributed by atoms with Gasteiger partial charge in [0.2, 0.25) is 11.6 Å². The Bertz CT molecular complexity index is 1200. The maximum atomic E-state index is 12.4. The first kappa shape index (κ1) is 21.3. The molecule has 2 aromatic heterocycles. The summed E-state index contributed by atoms with van der Waals surface area (Å²) in [6.07, 6.45) is 1.36. The van der Waals surface area contributed by atoms with E-state index in [9.17, 15) is 14.4 Å². The first-order valence-electron chi connectivity index (χ1n) is 10.2. The van der Waals surface area contributed by atoms with Crippen LogP contribution in [-0.4, -0.2) is 41.0 Å². The molecule has 10 heteroatoms. The summed E-state index contributed by atoms with van der Waals surface area (Å²) in [5.74, 6) is -0.603. The van der Waals surface area contributed by atoms with Crippen LogP contribution in [0, 0.1) is 6.92 Å². The molecular formula is C22H22N4O6. The van der Waals surface area contributed by atoms with Crippen molar-refractivity contribution in [2.75, 3.05) is 23.8 Å². The first-order chi connectivity index (χ1) is 15.4. The van der Waals surface area contributed by atoms with Crippen LogP contribution in [-0.2, 0) is 20.9 Å². The first-order valence-corrected chi connectivity index (χ1v) is 10.2. The van der Waals surface area contributed by atoms with Gasteiger partial charge in [-0.25, -0.2) is 14.6 Å². The fraction of sp³-hybridized carbons (Fsp3) is 0.318. The molecule has 3 aromatic rings. The smallest absolute Gasteiger partial charge is 0.342 e. The van der Waals surface area contributed by atoms with Crippen molar-refractivity contribution in [3.05, 3.63) is 47.0 Å². The van der Waals surface area contributed by atoms with Crippen LogP contribution < -0.4 is 10.6 Å². The Labute approximate surface area is 183 Å². The molecule has 1 saturated heterocycles. The van der Waals surface area contributed by atoms with E-state index in [0.29, 0.717) is 24.3 Å². The molecular weight excluding hydrogens is 416 g/mol. The van der Waals surface area contributed by atoms with Crippen molar-refractivity contribution < 1.29 is 28.3 Å². The van der Waals surface area contributed by atoms with Gasteiger partial charge in [-0.3, -0.25) is 4.79 Å². The Hall–Kier alpha value is -3.95. The van der Waals surface area contributed by atoms with Gasteiger partial charge in [0.15, 0.2) is 12.4 Å². The van der Waals surface area contributed by atoms with Gasteiger partial charge in [-0.05, 0) is 44.5 Å². The van der Waals surface area contributed by atoms with Crippen LogP contribution >= 0.6 is 0 Å². The number of carbonyl (C=O) groups excluding carboxylic acids is 3. The monoisotopic (exact) mass is 438 g/mol. The fourth-order valence-corrected chi connectivity index (χ4v) is 3.61. The molecule has 1 fully saturated rings. The number of benzene rings is 1. The van der Waals surface area contributed by atoms with E-state index >= 15 is 0 Å². The Kier molecular flexibility index (Phi) is 5.76. The Morgan fingerprint density at radius 2 is 1.91 bits per heavy atom. The third kappa shape index (κ3) is 3.98. The molecule has 1 aliphatic rings. The molecule has 2 N–H and O–H groups in total. The minimum atomic E-state index is -0.575. The lowest BCUT2D eigenvalue weighted by Crippen LogP contribution is -2.23. The second-order valence-electron chi connectivity index (χ2n) is 7.23. The number of rotatable bonds is 6. The molecule has 0 saturated carbocycles. The van der Waals surface area contributed by atoms with Gasteiger partial charge in [0.1, 0.15) is 17.1 Å². The molecule has 1 amide bonds. The number of nitrogens with zero attached hydrogens (tertiary/aromatic N) is 3. The number of nitrogens with two attached hydrogens (primary N) is 1. The number of nitrogen functional groups attached to an aromatic ring is 1. The van der Waals surface area contributed by atoms with Crippen LogP contribution in [0.3, 0.4) is 0 Å². The van der Waals surface area contributed by atoms with Crippen LogP contribution in [0.2, 0.25) is 0 Å². The summed E-state index contributed by atoms with van der Waals surface area (Å²) in [7, 11) is 0. The molecule has 0 atom stereocenters. The van der Waals surface area contributed by atoms with Crippen LogP contribution in [0.4, 0.5) is 11.5 Å². The van der Waals surface area contributed by atoms with Crippen molar-refractivity contribution in [2.45, 2.75) is 33.3 Å². The molecule has 0 spiro atoms. The van der Waals surface area contributed by atoms with E-state index in [-0.39, 0.29) is 47.4 Å². The van der Waals surface area contributed by atoms with Gasteiger partial charge < -0.3 is 24.5 Å². The van der Waals surface area contributed by atoms with E-state index in [0.717, 1.165) is 12.1 Å². The summed E-state index contributed by atoms with van der Waals surface area (Å²) in [4.78, 5) is 46.5. The second kappa shape index (κ2) is 8.66. The van der Waals surface area contributed by atoms with E-state index in [4.69, 9.17) is 19.6 Å². The number of fused-ring (bicyclic) bond motifs is 1. The van der Waals surface area contributed by atoms with Gasteiger partial charge in [-0.1, -0.05) is 0 Å². The lowest BCUT2D eigenvalue weighted by molar-refractivity contribution is -0.117. The number of hydrogen-bond acceptors (Lipinski definition) is 9. The summed E-state index contributed by atoms with van der Waals surface area (Å²) in [6.45, 7) is 3.94. The van der Waals surface area contributed by atoms with Gasteiger partial charge in [0.25, 0.3) is 0 Å². The number of ether oxygens (including phenoxy) is 2. The molecule has 0 bridgehead atoms. The average Bonchev–Trinajstić information content (AvgIpc) is 3.35. The summed E-state index contributed by atoms with van der Waals surface area (Å²) >= 11 is 0. The number of carbonyl (C=O) groups is 3. The van der Waals surface area contributed by atoms with Crippen LogP contribution in [0.1, 0.15) is 52.1 Å². The third-order valence-corrected chi connectivity index (χ3v) is 5.10. The normalized spacial score (nSPS) is 13.6. The quantitative estimate of drug-likeness (QED) is 0.576. The SMILES string of the molecule is CCOC(=O)c1c(C)oc2nc(COC(=O)c3ccc(N4CCCC4=O)cc3)nc(N)c12. The van der Waals surface area contributed by atoms with Gasteiger partial charge in [0.05, 0.1) is 17.6 Å². The van der Waals surface area contributed by atoms with Gasteiger partial charge >= 0.3 is 11.9 Å². The number of anilines is 2. The summed E-state index contributed by atoms with van der Waals surface area (Å²) in [6, 6.07) is 6.62. The minimum Gasteiger partial charge on any atom is -0.462 e. The van der Waals surface area contributed by atoms with Crippen LogP contribution in [0.15, 0.2) is 28.7 Å². The zero-order valence-corrected chi connectivity index (χ0v) is 17.7. The highest BCUT2D eigenvalue weighted by Crippen LogP contribution is 2.29. The molecule has 32 heavy (non-hydrogen) atoms. The van der Waals surface area contributed by atoms with Gasteiger partial charge in [-0.15, -0.1) is 0 Å². The molecule has 10 nitrogen and oxygen atoms in total. The molecule has 1 aliphatic heterocycles. The minimum absolute atomic E-state index is 0.0283. The van der Waals surface area contributed by atoms with E-state index < -0.39 is 11.9 Å². The number of hydrogen-bond donors (Lipinski definition) is 1. The van der Waals surface area contributed by atoms with Crippen LogP contribution in [0.5, 0.6) is 0 Å². The van der Waals surface area contributed by atoms with E-state index in [2.05, 4.69) is 9.97 Å². The molecule has 166 valence electrons.